The summed E-state index contributed by atoms with van der Waals surface area (Å²) in [5.41, 5.74) is 1.11. The zero-order valence-electron chi connectivity index (χ0n) is 14.4. The number of rotatable bonds is 4. The van der Waals surface area contributed by atoms with Crippen molar-refractivity contribution in [3.63, 3.8) is 0 Å². The fourth-order valence-corrected chi connectivity index (χ4v) is 3.03. The quantitative estimate of drug-likeness (QED) is 0.287. The first-order valence-corrected chi connectivity index (χ1v) is 8.51. The number of aryl methyl sites for hydroxylation is 1. The number of ether oxygens (including phenoxy) is 2. The molecule has 0 aliphatic carbocycles. The molecule has 0 aromatic heterocycles. The highest BCUT2D eigenvalue weighted by molar-refractivity contribution is 6.05. The fraction of sp³-hybridized carbons (Fsp3) is 0.0870. The van der Waals surface area contributed by atoms with Crippen LogP contribution in [0.4, 0.5) is 0 Å². The number of fused-ring (bicyclic) bond motifs is 2. The van der Waals surface area contributed by atoms with Gasteiger partial charge >= 0.3 is 5.97 Å². The van der Waals surface area contributed by atoms with Crippen LogP contribution in [0.2, 0.25) is 0 Å². The zero-order chi connectivity index (χ0) is 17.9. The molecule has 128 valence electrons. The monoisotopic (exact) mass is 342 g/mol. The summed E-state index contributed by atoms with van der Waals surface area (Å²) >= 11 is 0. The number of esters is 1. The summed E-state index contributed by atoms with van der Waals surface area (Å²) < 4.78 is 11.3. The summed E-state index contributed by atoms with van der Waals surface area (Å²) in [6.45, 7) is 1.84. The number of benzene rings is 4. The largest absolute Gasteiger partial charge is 0.481 e. The molecule has 26 heavy (non-hydrogen) atoms. The first-order valence-electron chi connectivity index (χ1n) is 8.51. The molecule has 0 aliphatic heterocycles. The van der Waals surface area contributed by atoms with E-state index < -0.39 is 5.97 Å². The summed E-state index contributed by atoms with van der Waals surface area (Å²) in [5.74, 6) is 0.803. The lowest BCUT2D eigenvalue weighted by Gasteiger charge is -2.13. The molecule has 0 spiro atoms. The number of hydrogen-bond acceptors (Lipinski definition) is 3. The molecule has 0 bridgehead atoms. The van der Waals surface area contributed by atoms with Gasteiger partial charge in [0.05, 0.1) is 0 Å². The molecule has 0 atom stereocenters. The molecule has 4 aromatic carbocycles. The highest BCUT2D eigenvalue weighted by atomic mass is 16.6. The predicted octanol–water partition coefficient (Wildman–Crippen LogP) is 5.29. The second-order valence-corrected chi connectivity index (χ2v) is 6.22. The predicted molar refractivity (Wildman–Crippen MR) is 104 cm³/mol. The van der Waals surface area contributed by atoms with E-state index in [0.717, 1.165) is 27.1 Å². The summed E-state index contributed by atoms with van der Waals surface area (Å²) in [7, 11) is 0. The molecule has 0 saturated heterocycles. The van der Waals surface area contributed by atoms with E-state index in [2.05, 4.69) is 6.07 Å². The van der Waals surface area contributed by atoms with Crippen LogP contribution in [0.25, 0.3) is 21.5 Å². The molecular weight excluding hydrogens is 324 g/mol. The van der Waals surface area contributed by atoms with Crippen LogP contribution in [-0.4, -0.2) is 12.6 Å². The number of hydrogen-bond donors (Lipinski definition) is 0. The van der Waals surface area contributed by atoms with E-state index in [4.69, 9.17) is 9.47 Å². The van der Waals surface area contributed by atoms with E-state index in [1.54, 1.807) is 12.1 Å². The van der Waals surface area contributed by atoms with Crippen molar-refractivity contribution in [1.82, 2.24) is 0 Å². The Labute approximate surface area is 151 Å². The van der Waals surface area contributed by atoms with Gasteiger partial charge in [-0.05, 0) is 35.9 Å². The topological polar surface area (TPSA) is 35.5 Å². The first kappa shape index (κ1) is 16.2. The van der Waals surface area contributed by atoms with Gasteiger partial charge < -0.3 is 9.47 Å². The first-order chi connectivity index (χ1) is 12.7. The Kier molecular flexibility index (Phi) is 4.28. The molecule has 0 saturated carbocycles. The van der Waals surface area contributed by atoms with Crippen LogP contribution in [0.3, 0.4) is 0 Å². The second-order valence-electron chi connectivity index (χ2n) is 6.22. The Morgan fingerprint density at radius 2 is 1.38 bits per heavy atom. The van der Waals surface area contributed by atoms with Gasteiger partial charge in [0.2, 0.25) is 0 Å². The Bertz CT molecular complexity index is 1030. The lowest BCUT2D eigenvalue weighted by Crippen LogP contribution is -2.17. The Balaban J connectivity index is 1.61. The number of carbonyl (C=O) groups is 1. The van der Waals surface area contributed by atoms with Crippen molar-refractivity contribution >= 4 is 27.5 Å². The molecule has 0 fully saturated rings. The van der Waals surface area contributed by atoms with Gasteiger partial charge in [-0.3, -0.25) is 0 Å². The van der Waals surface area contributed by atoms with Crippen molar-refractivity contribution < 1.29 is 14.3 Å². The second kappa shape index (κ2) is 6.89. The smallest absolute Gasteiger partial charge is 0.349 e. The number of carbonyl (C=O) groups excluding carboxylic acids is 1. The van der Waals surface area contributed by atoms with Gasteiger partial charge in [0.25, 0.3) is 0 Å². The molecule has 0 heterocycles. The fourth-order valence-electron chi connectivity index (χ4n) is 3.03. The van der Waals surface area contributed by atoms with Crippen molar-refractivity contribution in [2.45, 2.75) is 6.92 Å². The van der Waals surface area contributed by atoms with Gasteiger partial charge in [0.15, 0.2) is 6.61 Å². The highest BCUT2D eigenvalue weighted by Crippen LogP contribution is 2.34. The van der Waals surface area contributed by atoms with E-state index >= 15 is 0 Å². The van der Waals surface area contributed by atoms with Gasteiger partial charge in [-0.25, -0.2) is 4.79 Å². The minimum Gasteiger partial charge on any atom is -0.481 e. The molecule has 0 amide bonds. The molecule has 4 aromatic rings. The maximum absolute atomic E-state index is 12.2. The van der Waals surface area contributed by atoms with E-state index in [1.165, 1.54) is 0 Å². The average Bonchev–Trinajstić information content (AvgIpc) is 2.67. The highest BCUT2D eigenvalue weighted by Gasteiger charge is 2.12. The van der Waals surface area contributed by atoms with Gasteiger partial charge in [-0.15, -0.1) is 0 Å². The van der Waals surface area contributed by atoms with Crippen molar-refractivity contribution in [3.8, 4) is 11.5 Å². The summed E-state index contributed by atoms with van der Waals surface area (Å²) in [6.07, 6.45) is 0. The van der Waals surface area contributed by atoms with E-state index in [9.17, 15) is 4.79 Å². The summed E-state index contributed by atoms with van der Waals surface area (Å²) in [4.78, 5) is 12.2. The maximum Gasteiger partial charge on any atom is 0.349 e. The van der Waals surface area contributed by atoms with Crippen LogP contribution in [0, 0.1) is 6.92 Å². The van der Waals surface area contributed by atoms with Gasteiger partial charge in [-0.2, -0.15) is 0 Å². The maximum atomic E-state index is 12.2. The molecule has 3 heteroatoms. The zero-order valence-corrected chi connectivity index (χ0v) is 14.4. The molecule has 4 rings (SSSR count). The van der Waals surface area contributed by atoms with Crippen LogP contribution in [0.5, 0.6) is 11.5 Å². The third-order valence-electron chi connectivity index (χ3n) is 4.31. The third kappa shape index (κ3) is 3.24. The van der Waals surface area contributed by atoms with Gasteiger partial charge in [0.1, 0.15) is 11.5 Å². The molecule has 0 radical (unpaired) electrons. The lowest BCUT2D eigenvalue weighted by atomic mass is 10.0. The van der Waals surface area contributed by atoms with Crippen LogP contribution in [0.1, 0.15) is 5.56 Å². The molecule has 0 unspecified atom stereocenters. The van der Waals surface area contributed by atoms with Gasteiger partial charge in [-0.1, -0.05) is 66.2 Å². The minimum absolute atomic E-state index is 0.147. The van der Waals surface area contributed by atoms with E-state index in [-0.39, 0.29) is 6.61 Å². The van der Waals surface area contributed by atoms with Crippen LogP contribution < -0.4 is 9.47 Å². The van der Waals surface area contributed by atoms with Gasteiger partial charge in [0, 0.05) is 10.8 Å². The SMILES string of the molecule is Cc1ccc(OC(=O)COc2c3ccccc3cc3ccccc23)cc1. The summed E-state index contributed by atoms with van der Waals surface area (Å²) in [6, 6.07) is 25.5. The van der Waals surface area contributed by atoms with Crippen molar-refractivity contribution in [1.29, 1.82) is 0 Å². The Morgan fingerprint density at radius 3 is 2.00 bits per heavy atom. The van der Waals surface area contributed by atoms with Crippen molar-refractivity contribution in [3.05, 3.63) is 84.4 Å². The molecule has 3 nitrogen and oxygen atoms in total. The van der Waals surface area contributed by atoms with Crippen LogP contribution >= 0.6 is 0 Å². The Hall–Kier alpha value is -3.33. The lowest BCUT2D eigenvalue weighted by molar-refractivity contribution is -0.136. The Morgan fingerprint density at radius 1 is 0.808 bits per heavy atom. The van der Waals surface area contributed by atoms with E-state index in [0.29, 0.717) is 11.5 Å². The summed E-state index contributed by atoms with van der Waals surface area (Å²) in [5, 5.41) is 4.12. The average molecular weight is 342 g/mol. The third-order valence-corrected chi connectivity index (χ3v) is 4.31. The van der Waals surface area contributed by atoms with Crippen molar-refractivity contribution in [2.75, 3.05) is 6.61 Å². The minimum atomic E-state index is -0.425. The van der Waals surface area contributed by atoms with E-state index in [1.807, 2.05) is 67.6 Å². The molecular formula is C23H18O3. The molecule has 0 N–H and O–H groups in total. The molecule has 0 aliphatic rings. The van der Waals surface area contributed by atoms with Crippen LogP contribution in [0.15, 0.2) is 78.9 Å². The standard InChI is InChI=1S/C23H18O3/c1-16-10-12-19(13-11-16)26-22(24)15-25-23-20-8-4-2-6-17(20)14-18-7-3-5-9-21(18)23/h2-14H,15H2,1H3. The van der Waals surface area contributed by atoms with Crippen LogP contribution in [-0.2, 0) is 4.79 Å². The normalized spacial score (nSPS) is 10.8. The van der Waals surface area contributed by atoms with Crippen molar-refractivity contribution in [2.24, 2.45) is 0 Å².